The highest BCUT2D eigenvalue weighted by Crippen LogP contribution is 2.35. The standard InChI is InChI=1S/C13H14BrF3N2O2/c1-19(2)11(20)5-6-18-12(21)8-3-4-10(14)9(7-8)13(15,16)17/h3-4,7H,5-6H2,1-2H3,(H,18,21). The molecule has 1 aromatic rings. The molecule has 0 bridgehead atoms. The molecular formula is C13H14BrF3N2O2. The average molecular weight is 367 g/mol. The molecule has 0 aliphatic carbocycles. The average Bonchev–Trinajstić information content (AvgIpc) is 2.37. The van der Waals surface area contributed by atoms with Crippen molar-refractivity contribution >= 4 is 27.7 Å². The Morgan fingerprint density at radius 3 is 2.43 bits per heavy atom. The summed E-state index contributed by atoms with van der Waals surface area (Å²) in [7, 11) is 3.16. The number of benzene rings is 1. The lowest BCUT2D eigenvalue weighted by Crippen LogP contribution is -2.30. The van der Waals surface area contributed by atoms with Crippen molar-refractivity contribution in [2.24, 2.45) is 0 Å². The molecule has 1 N–H and O–H groups in total. The van der Waals surface area contributed by atoms with Crippen molar-refractivity contribution in [2.45, 2.75) is 12.6 Å². The second-order valence-electron chi connectivity index (χ2n) is 4.49. The Morgan fingerprint density at radius 2 is 1.90 bits per heavy atom. The number of halogens is 4. The van der Waals surface area contributed by atoms with Crippen LogP contribution in [0.4, 0.5) is 13.2 Å². The van der Waals surface area contributed by atoms with Crippen molar-refractivity contribution in [3.8, 4) is 0 Å². The molecule has 1 rings (SSSR count). The van der Waals surface area contributed by atoms with Crippen molar-refractivity contribution < 1.29 is 22.8 Å². The second-order valence-corrected chi connectivity index (χ2v) is 5.34. The van der Waals surface area contributed by atoms with Gasteiger partial charge in [-0.1, -0.05) is 15.9 Å². The Labute approximate surface area is 128 Å². The molecule has 0 heterocycles. The van der Waals surface area contributed by atoms with Gasteiger partial charge < -0.3 is 10.2 Å². The molecule has 4 nitrogen and oxygen atoms in total. The van der Waals surface area contributed by atoms with Gasteiger partial charge in [0, 0.05) is 37.1 Å². The molecule has 0 saturated carbocycles. The van der Waals surface area contributed by atoms with Gasteiger partial charge >= 0.3 is 6.18 Å². The van der Waals surface area contributed by atoms with Gasteiger partial charge in [0.15, 0.2) is 0 Å². The van der Waals surface area contributed by atoms with Crippen LogP contribution >= 0.6 is 15.9 Å². The molecule has 0 aliphatic heterocycles. The van der Waals surface area contributed by atoms with Gasteiger partial charge in [0.1, 0.15) is 0 Å². The van der Waals surface area contributed by atoms with Gasteiger partial charge in [0.25, 0.3) is 5.91 Å². The highest BCUT2D eigenvalue weighted by molar-refractivity contribution is 9.10. The van der Waals surface area contributed by atoms with Crippen LogP contribution in [0, 0.1) is 0 Å². The minimum Gasteiger partial charge on any atom is -0.352 e. The lowest BCUT2D eigenvalue weighted by molar-refractivity contribution is -0.138. The van der Waals surface area contributed by atoms with E-state index < -0.39 is 17.6 Å². The maximum Gasteiger partial charge on any atom is 0.417 e. The molecule has 2 amide bonds. The lowest BCUT2D eigenvalue weighted by atomic mass is 10.1. The molecule has 0 aromatic heterocycles. The van der Waals surface area contributed by atoms with E-state index in [1.807, 2.05) is 0 Å². The smallest absolute Gasteiger partial charge is 0.352 e. The topological polar surface area (TPSA) is 49.4 Å². The quantitative estimate of drug-likeness (QED) is 0.890. The first-order valence-electron chi connectivity index (χ1n) is 5.98. The molecule has 116 valence electrons. The Kier molecular flexibility index (Phi) is 5.77. The molecule has 0 unspecified atom stereocenters. The molecule has 0 radical (unpaired) electrons. The van der Waals surface area contributed by atoms with E-state index in [-0.39, 0.29) is 28.9 Å². The van der Waals surface area contributed by atoms with Crippen LogP contribution in [-0.2, 0) is 11.0 Å². The Bertz CT molecular complexity index is 545. The van der Waals surface area contributed by atoms with Crippen LogP contribution in [0.15, 0.2) is 22.7 Å². The summed E-state index contributed by atoms with van der Waals surface area (Å²) in [6.07, 6.45) is -4.46. The molecule has 0 saturated heterocycles. The molecule has 21 heavy (non-hydrogen) atoms. The third-order valence-electron chi connectivity index (χ3n) is 2.66. The van der Waals surface area contributed by atoms with Gasteiger partial charge in [0.2, 0.25) is 5.91 Å². The third kappa shape index (κ3) is 5.04. The summed E-state index contributed by atoms with van der Waals surface area (Å²) >= 11 is 2.80. The van der Waals surface area contributed by atoms with Crippen LogP contribution in [0.25, 0.3) is 0 Å². The van der Waals surface area contributed by atoms with E-state index in [2.05, 4.69) is 21.2 Å². The summed E-state index contributed by atoms with van der Waals surface area (Å²) in [6, 6.07) is 3.22. The Balaban J connectivity index is 2.74. The summed E-state index contributed by atoms with van der Waals surface area (Å²) in [5, 5.41) is 2.41. The van der Waals surface area contributed by atoms with E-state index in [4.69, 9.17) is 0 Å². The number of hydrogen-bond acceptors (Lipinski definition) is 2. The predicted octanol–water partition coefficient (Wildman–Crippen LogP) is 2.68. The van der Waals surface area contributed by atoms with Crippen LogP contribution in [0.3, 0.4) is 0 Å². The fourth-order valence-corrected chi connectivity index (χ4v) is 1.96. The van der Waals surface area contributed by atoms with Crippen molar-refractivity contribution in [1.82, 2.24) is 10.2 Å². The Morgan fingerprint density at radius 1 is 1.29 bits per heavy atom. The second kappa shape index (κ2) is 6.93. The van der Waals surface area contributed by atoms with E-state index in [1.165, 1.54) is 17.0 Å². The zero-order chi connectivity index (χ0) is 16.2. The predicted molar refractivity (Wildman–Crippen MR) is 74.8 cm³/mol. The highest BCUT2D eigenvalue weighted by atomic mass is 79.9. The number of nitrogens with zero attached hydrogens (tertiary/aromatic N) is 1. The number of carbonyl (C=O) groups is 2. The van der Waals surface area contributed by atoms with Gasteiger partial charge in [0.05, 0.1) is 5.56 Å². The monoisotopic (exact) mass is 366 g/mol. The molecule has 0 aliphatic rings. The fraction of sp³-hybridized carbons (Fsp3) is 0.385. The number of nitrogens with one attached hydrogen (secondary N) is 1. The SMILES string of the molecule is CN(C)C(=O)CCNC(=O)c1ccc(Br)c(C(F)(F)F)c1. The molecule has 0 spiro atoms. The first-order valence-corrected chi connectivity index (χ1v) is 6.77. The number of amides is 2. The number of rotatable bonds is 4. The van der Waals surface area contributed by atoms with E-state index in [9.17, 15) is 22.8 Å². The first kappa shape index (κ1) is 17.5. The minimum atomic E-state index is -4.55. The zero-order valence-corrected chi connectivity index (χ0v) is 13.0. The van der Waals surface area contributed by atoms with Crippen LogP contribution in [0.5, 0.6) is 0 Å². The van der Waals surface area contributed by atoms with E-state index in [1.54, 1.807) is 14.1 Å². The van der Waals surface area contributed by atoms with Crippen molar-refractivity contribution in [1.29, 1.82) is 0 Å². The maximum absolute atomic E-state index is 12.7. The fourth-order valence-electron chi connectivity index (χ4n) is 1.49. The lowest BCUT2D eigenvalue weighted by Gasteiger charge is -2.12. The molecule has 0 fully saturated rings. The molecule has 1 aromatic carbocycles. The molecule has 0 atom stereocenters. The van der Waals surface area contributed by atoms with E-state index in [0.717, 1.165) is 6.07 Å². The van der Waals surface area contributed by atoms with Crippen LogP contribution < -0.4 is 5.32 Å². The molecule has 8 heteroatoms. The van der Waals surface area contributed by atoms with E-state index >= 15 is 0 Å². The summed E-state index contributed by atoms with van der Waals surface area (Å²) in [4.78, 5) is 24.4. The van der Waals surface area contributed by atoms with Gasteiger partial charge in [-0.2, -0.15) is 13.2 Å². The van der Waals surface area contributed by atoms with Crippen molar-refractivity contribution in [3.63, 3.8) is 0 Å². The van der Waals surface area contributed by atoms with Crippen LogP contribution in [-0.4, -0.2) is 37.4 Å². The highest BCUT2D eigenvalue weighted by Gasteiger charge is 2.33. The molecular weight excluding hydrogens is 353 g/mol. The van der Waals surface area contributed by atoms with Crippen molar-refractivity contribution in [3.05, 3.63) is 33.8 Å². The van der Waals surface area contributed by atoms with Crippen molar-refractivity contribution in [2.75, 3.05) is 20.6 Å². The summed E-state index contributed by atoms with van der Waals surface area (Å²) in [5.74, 6) is -0.832. The van der Waals surface area contributed by atoms with Gasteiger partial charge in [-0.15, -0.1) is 0 Å². The van der Waals surface area contributed by atoms with Crippen LogP contribution in [0.2, 0.25) is 0 Å². The number of carbonyl (C=O) groups excluding carboxylic acids is 2. The van der Waals surface area contributed by atoms with Gasteiger partial charge in [-0.25, -0.2) is 0 Å². The largest absolute Gasteiger partial charge is 0.417 e. The third-order valence-corrected chi connectivity index (χ3v) is 3.35. The summed E-state index contributed by atoms with van der Waals surface area (Å²) in [6.45, 7) is 0.0628. The summed E-state index contributed by atoms with van der Waals surface area (Å²) in [5.41, 5.74) is -1.03. The first-order chi connectivity index (χ1) is 9.62. The van der Waals surface area contributed by atoms with E-state index in [0.29, 0.717) is 0 Å². The zero-order valence-electron chi connectivity index (χ0n) is 11.4. The minimum absolute atomic E-state index is 0.0628. The number of hydrogen-bond donors (Lipinski definition) is 1. The number of alkyl halides is 3. The maximum atomic E-state index is 12.7. The van der Waals surface area contributed by atoms with Crippen LogP contribution in [0.1, 0.15) is 22.3 Å². The Hall–Kier alpha value is -1.57. The van der Waals surface area contributed by atoms with Gasteiger partial charge in [-0.05, 0) is 18.2 Å². The van der Waals surface area contributed by atoms with Gasteiger partial charge in [-0.3, -0.25) is 9.59 Å². The normalized spacial score (nSPS) is 11.1. The summed E-state index contributed by atoms with van der Waals surface area (Å²) < 4.78 is 38.1.